The van der Waals surface area contributed by atoms with Gasteiger partial charge in [0.1, 0.15) is 10.1 Å². The molecule has 0 aliphatic heterocycles. The van der Waals surface area contributed by atoms with E-state index in [-0.39, 0.29) is 53.9 Å². The van der Waals surface area contributed by atoms with Crippen molar-refractivity contribution < 1.29 is 61.6 Å². The average Bonchev–Trinajstić information content (AvgIpc) is 3.07. The van der Waals surface area contributed by atoms with Crippen molar-refractivity contribution in [3.05, 3.63) is 53.6 Å². The molecule has 0 bridgehead atoms. The van der Waals surface area contributed by atoms with Crippen molar-refractivity contribution in [2.24, 2.45) is 0 Å². The van der Waals surface area contributed by atoms with Crippen LogP contribution in [0.5, 0.6) is 0 Å². The number of allylic oxidation sites excluding steroid dienone is 4. The standard InChI is InChI=1S/C40H66O7S.Na/c1-3-5-7-9-11-13-15-17-19-21-23-25-27-29-33-46-39(41)37-32-31-36(48(43,44)45)35-38(37)40(42)47-34-30-28-26-24-22-20-18-16-14-12-10-8-6-4-2;/h11-14,31-32,35H,3-10,15-30,33-34H2,1-2H3,(H,43,44,45);/q;+1/p-1/b13-11+,14-12+;. The smallest absolute Gasteiger partial charge is 0.744 e. The molecule has 1 aromatic carbocycles. The van der Waals surface area contributed by atoms with Gasteiger partial charge in [-0.1, -0.05) is 128 Å². The first kappa shape index (κ1) is 47.5. The van der Waals surface area contributed by atoms with Gasteiger partial charge in [0.15, 0.2) is 0 Å². The van der Waals surface area contributed by atoms with E-state index in [0.29, 0.717) is 12.8 Å². The summed E-state index contributed by atoms with van der Waals surface area (Å²) >= 11 is 0. The van der Waals surface area contributed by atoms with Crippen molar-refractivity contribution in [1.82, 2.24) is 0 Å². The molecular weight excluding hydrogens is 647 g/mol. The quantitative estimate of drug-likeness (QED) is 0.0250. The van der Waals surface area contributed by atoms with Crippen LogP contribution in [-0.4, -0.2) is 38.1 Å². The molecule has 0 aliphatic rings. The number of hydrogen-bond acceptors (Lipinski definition) is 7. The first-order chi connectivity index (χ1) is 23.3. The molecular formula is C40H65NaO7S. The first-order valence-corrected chi connectivity index (χ1v) is 20.5. The molecule has 0 spiro atoms. The molecule has 49 heavy (non-hydrogen) atoms. The summed E-state index contributed by atoms with van der Waals surface area (Å²) in [7, 11) is -4.81. The fraction of sp³-hybridized carbons (Fsp3) is 0.700. The second-order valence-corrected chi connectivity index (χ2v) is 14.3. The van der Waals surface area contributed by atoms with Crippen LogP contribution >= 0.6 is 0 Å². The van der Waals surface area contributed by atoms with Crippen LogP contribution in [0, 0.1) is 0 Å². The second kappa shape index (κ2) is 32.5. The number of rotatable bonds is 31. The minimum Gasteiger partial charge on any atom is -0.744 e. The molecule has 0 unspecified atom stereocenters. The summed E-state index contributed by atoms with van der Waals surface area (Å²) in [5, 5.41) is 0. The minimum atomic E-state index is -4.81. The summed E-state index contributed by atoms with van der Waals surface area (Å²) in [5.41, 5.74) is -0.352. The molecule has 274 valence electrons. The van der Waals surface area contributed by atoms with Crippen LogP contribution in [0.1, 0.15) is 189 Å². The molecule has 0 aliphatic carbocycles. The van der Waals surface area contributed by atoms with E-state index in [1.165, 1.54) is 89.9 Å². The molecule has 0 amide bonds. The summed E-state index contributed by atoms with van der Waals surface area (Å²) < 4.78 is 45.6. The molecule has 0 heterocycles. The zero-order chi connectivity index (χ0) is 35.1. The summed E-state index contributed by atoms with van der Waals surface area (Å²) in [6.07, 6.45) is 36.4. The number of benzene rings is 1. The predicted octanol–water partition coefficient (Wildman–Crippen LogP) is 8.42. The van der Waals surface area contributed by atoms with E-state index >= 15 is 0 Å². The fourth-order valence-corrected chi connectivity index (χ4v) is 6.00. The number of hydrogen-bond donors (Lipinski definition) is 0. The Bertz CT molecular complexity index is 1150. The molecule has 0 radical (unpaired) electrons. The Balaban J connectivity index is 0.0000230. The zero-order valence-electron chi connectivity index (χ0n) is 31.2. The number of carbonyl (C=O) groups is 2. The predicted molar refractivity (Wildman–Crippen MR) is 195 cm³/mol. The summed E-state index contributed by atoms with van der Waals surface area (Å²) in [6.45, 7) is 4.80. The molecule has 1 aromatic rings. The van der Waals surface area contributed by atoms with Crippen LogP contribution in [0.25, 0.3) is 0 Å². The number of ether oxygens (including phenoxy) is 2. The van der Waals surface area contributed by atoms with Gasteiger partial charge in [-0.05, 0) is 82.4 Å². The summed E-state index contributed by atoms with van der Waals surface area (Å²) in [4.78, 5) is 25.1. The summed E-state index contributed by atoms with van der Waals surface area (Å²) in [5.74, 6) is -1.56. The van der Waals surface area contributed by atoms with E-state index in [1.807, 2.05) is 0 Å². The van der Waals surface area contributed by atoms with Gasteiger partial charge >= 0.3 is 41.5 Å². The van der Waals surface area contributed by atoms with Gasteiger partial charge in [0, 0.05) is 0 Å². The van der Waals surface area contributed by atoms with E-state index < -0.39 is 27.0 Å². The summed E-state index contributed by atoms with van der Waals surface area (Å²) in [6, 6.07) is 3.11. The molecule has 0 atom stereocenters. The number of carbonyl (C=O) groups excluding carboxylic acids is 2. The zero-order valence-corrected chi connectivity index (χ0v) is 34.0. The van der Waals surface area contributed by atoms with Gasteiger partial charge in [-0.25, -0.2) is 18.0 Å². The van der Waals surface area contributed by atoms with Crippen LogP contribution in [0.3, 0.4) is 0 Å². The van der Waals surface area contributed by atoms with Crippen molar-refractivity contribution in [3.8, 4) is 0 Å². The Morgan fingerprint density at radius 3 is 1.29 bits per heavy atom. The van der Waals surface area contributed by atoms with E-state index in [1.54, 1.807) is 0 Å². The Morgan fingerprint density at radius 1 is 0.551 bits per heavy atom. The third-order valence-corrected chi connectivity index (χ3v) is 9.33. The van der Waals surface area contributed by atoms with Crippen LogP contribution in [-0.2, 0) is 19.6 Å². The van der Waals surface area contributed by atoms with Gasteiger partial charge in [-0.3, -0.25) is 0 Å². The molecule has 0 N–H and O–H groups in total. The Kier molecular flexibility index (Phi) is 31.5. The molecule has 0 aromatic heterocycles. The molecule has 9 heteroatoms. The largest absolute Gasteiger partial charge is 1.00 e. The van der Waals surface area contributed by atoms with Crippen LogP contribution in [0.15, 0.2) is 47.4 Å². The van der Waals surface area contributed by atoms with E-state index in [2.05, 4.69) is 38.2 Å². The van der Waals surface area contributed by atoms with Gasteiger partial charge in [-0.15, -0.1) is 0 Å². The molecule has 7 nitrogen and oxygen atoms in total. The third kappa shape index (κ3) is 26.1. The Morgan fingerprint density at radius 2 is 0.898 bits per heavy atom. The normalized spacial score (nSPS) is 11.7. The Hall–Kier alpha value is -1.45. The molecule has 0 fully saturated rings. The van der Waals surface area contributed by atoms with Crippen molar-refractivity contribution in [2.75, 3.05) is 13.2 Å². The first-order valence-electron chi connectivity index (χ1n) is 19.0. The van der Waals surface area contributed by atoms with E-state index in [9.17, 15) is 22.6 Å². The van der Waals surface area contributed by atoms with Crippen molar-refractivity contribution in [1.29, 1.82) is 0 Å². The fourth-order valence-electron chi connectivity index (χ4n) is 5.50. The van der Waals surface area contributed by atoms with Gasteiger partial charge in [0.05, 0.1) is 29.2 Å². The molecule has 0 saturated heterocycles. The maximum absolute atomic E-state index is 12.9. The maximum Gasteiger partial charge on any atom is 1.00 e. The number of unbranched alkanes of at least 4 members (excludes halogenated alkanes) is 20. The molecule has 0 saturated carbocycles. The van der Waals surface area contributed by atoms with Crippen molar-refractivity contribution in [2.45, 2.75) is 173 Å². The van der Waals surface area contributed by atoms with Crippen molar-refractivity contribution >= 4 is 22.1 Å². The average molecular weight is 713 g/mol. The van der Waals surface area contributed by atoms with Gasteiger partial charge in [0.25, 0.3) is 0 Å². The Labute approximate surface area is 321 Å². The van der Waals surface area contributed by atoms with E-state index in [4.69, 9.17) is 9.47 Å². The number of esters is 2. The van der Waals surface area contributed by atoms with Crippen LogP contribution < -0.4 is 29.6 Å². The topological polar surface area (TPSA) is 110 Å². The second-order valence-electron chi connectivity index (χ2n) is 12.9. The van der Waals surface area contributed by atoms with E-state index in [0.717, 1.165) is 69.6 Å². The van der Waals surface area contributed by atoms with Gasteiger partial charge < -0.3 is 14.0 Å². The van der Waals surface area contributed by atoms with Crippen LogP contribution in [0.2, 0.25) is 0 Å². The van der Waals surface area contributed by atoms with Gasteiger partial charge in [-0.2, -0.15) is 0 Å². The third-order valence-electron chi connectivity index (χ3n) is 8.50. The maximum atomic E-state index is 12.9. The monoisotopic (exact) mass is 712 g/mol. The SMILES string of the molecule is CCCCC/C=C/CCCCCCCCCOC(=O)c1ccc(S(=O)(=O)[O-])cc1C(=O)OCCCCCCCCC/C=C/CCCCC.[Na+]. The van der Waals surface area contributed by atoms with Crippen molar-refractivity contribution in [3.63, 3.8) is 0 Å². The van der Waals surface area contributed by atoms with Crippen LogP contribution in [0.4, 0.5) is 0 Å². The minimum absolute atomic E-state index is 0. The van der Waals surface area contributed by atoms with Gasteiger partial charge in [0.2, 0.25) is 0 Å². The molecule has 1 rings (SSSR count).